The molecule has 1 N–H and O–H groups in total. The molecular weight excluding hydrogens is 532 g/mol. The van der Waals surface area contributed by atoms with E-state index in [1.54, 1.807) is 36.5 Å². The highest BCUT2D eigenvalue weighted by Crippen LogP contribution is 2.24. The van der Waals surface area contributed by atoms with E-state index in [0.29, 0.717) is 16.3 Å². The summed E-state index contributed by atoms with van der Waals surface area (Å²) >= 11 is 6.02. The van der Waals surface area contributed by atoms with E-state index in [-0.39, 0.29) is 12.5 Å². The molecule has 1 aromatic heterocycles. The Morgan fingerprint density at radius 2 is 1.62 bits per heavy atom. The summed E-state index contributed by atoms with van der Waals surface area (Å²) in [5, 5.41) is 4.83. The fourth-order valence-electron chi connectivity index (χ4n) is 4.34. The van der Waals surface area contributed by atoms with Crippen LogP contribution in [0.15, 0.2) is 77.9 Å². The number of sulfonamides is 1. The summed E-state index contributed by atoms with van der Waals surface area (Å²) in [6, 6.07) is 22.0. The van der Waals surface area contributed by atoms with E-state index < -0.39 is 10.0 Å². The summed E-state index contributed by atoms with van der Waals surface area (Å²) in [7, 11) is -3.51. The molecule has 0 aliphatic carbocycles. The predicted molar refractivity (Wildman–Crippen MR) is 159 cm³/mol. The maximum atomic E-state index is 12.7. The average molecular weight is 563 g/mol. The summed E-state index contributed by atoms with van der Waals surface area (Å²) in [6.45, 7) is 8.08. The van der Waals surface area contributed by atoms with E-state index >= 15 is 0 Å². The van der Waals surface area contributed by atoms with E-state index in [1.807, 2.05) is 70.2 Å². The topological polar surface area (TPSA) is 83.8 Å². The number of nitrogens with zero attached hydrogens (tertiary/aromatic N) is 3. The maximum Gasteiger partial charge on any atom is 0.271 e. The first kappa shape index (κ1) is 28.1. The quantitative estimate of drug-likeness (QED) is 0.208. The van der Waals surface area contributed by atoms with Crippen LogP contribution >= 0.6 is 11.6 Å². The second kappa shape index (κ2) is 11.5. The van der Waals surface area contributed by atoms with Crippen molar-refractivity contribution in [2.24, 2.45) is 5.10 Å². The first-order valence-corrected chi connectivity index (χ1v) is 14.6. The van der Waals surface area contributed by atoms with Crippen LogP contribution in [0.5, 0.6) is 0 Å². The van der Waals surface area contributed by atoms with Gasteiger partial charge in [0.15, 0.2) is 0 Å². The van der Waals surface area contributed by atoms with Crippen molar-refractivity contribution in [2.45, 2.75) is 34.2 Å². The van der Waals surface area contributed by atoms with Crippen LogP contribution in [0.1, 0.15) is 44.0 Å². The Morgan fingerprint density at radius 3 is 2.23 bits per heavy atom. The van der Waals surface area contributed by atoms with Gasteiger partial charge in [-0.3, -0.25) is 9.10 Å². The van der Waals surface area contributed by atoms with Gasteiger partial charge in [0, 0.05) is 33.2 Å². The zero-order valence-electron chi connectivity index (χ0n) is 22.6. The second-order valence-electron chi connectivity index (χ2n) is 9.57. The number of hydrogen-bond donors (Lipinski definition) is 1. The molecule has 4 aromatic rings. The number of benzene rings is 3. The second-order valence-corrected chi connectivity index (χ2v) is 11.9. The fraction of sp³-hybridized carbons (Fsp3) is 0.200. The number of amides is 1. The van der Waals surface area contributed by atoms with Crippen LogP contribution in [0.2, 0.25) is 5.02 Å². The minimum absolute atomic E-state index is 0.157. The van der Waals surface area contributed by atoms with Crippen molar-refractivity contribution >= 4 is 39.4 Å². The SMILES string of the molecule is Cc1ccc(N(Cc2ccc(C(=O)N/N=C\c3cc(C)n(-c4ccc(Cl)cc4)c3C)cc2)S(C)(=O)=O)cc1C. The molecule has 0 unspecified atom stereocenters. The van der Waals surface area contributed by atoms with Crippen molar-refractivity contribution in [1.29, 1.82) is 0 Å². The van der Waals surface area contributed by atoms with Gasteiger partial charge in [-0.1, -0.05) is 29.8 Å². The zero-order chi connectivity index (χ0) is 28.3. The van der Waals surface area contributed by atoms with E-state index in [2.05, 4.69) is 15.1 Å². The Bertz CT molecular complexity index is 1640. The highest BCUT2D eigenvalue weighted by molar-refractivity contribution is 7.92. The van der Waals surface area contributed by atoms with Crippen LogP contribution in [0.3, 0.4) is 0 Å². The molecular formula is C30H31ClN4O3S. The molecule has 0 spiro atoms. The third-order valence-electron chi connectivity index (χ3n) is 6.65. The van der Waals surface area contributed by atoms with Gasteiger partial charge in [0.1, 0.15) is 0 Å². The minimum atomic E-state index is -3.51. The fourth-order valence-corrected chi connectivity index (χ4v) is 5.34. The standard InChI is InChI=1S/C30H31ClN4O3S/c1-20-6-13-29(16-21(20)2)34(39(5,37)38)19-24-7-9-25(10-8-24)30(36)33-32-18-26-17-22(3)35(23(26)4)28-14-11-27(31)12-15-28/h6-18H,19H2,1-5H3,(H,33,36)/b32-18-. The van der Waals surface area contributed by atoms with Gasteiger partial charge in [-0.05, 0) is 99.0 Å². The van der Waals surface area contributed by atoms with E-state index in [0.717, 1.165) is 39.3 Å². The normalized spacial score (nSPS) is 11.6. The first-order valence-electron chi connectivity index (χ1n) is 12.4. The molecule has 0 atom stereocenters. The number of carbonyl (C=O) groups excluding carboxylic acids is 1. The van der Waals surface area contributed by atoms with Gasteiger partial charge in [0.05, 0.1) is 24.7 Å². The third-order valence-corrected chi connectivity index (χ3v) is 8.04. The van der Waals surface area contributed by atoms with Gasteiger partial charge in [-0.2, -0.15) is 5.10 Å². The monoisotopic (exact) mass is 562 g/mol. The van der Waals surface area contributed by atoms with Gasteiger partial charge in [0.25, 0.3) is 5.91 Å². The van der Waals surface area contributed by atoms with Crippen molar-refractivity contribution < 1.29 is 13.2 Å². The van der Waals surface area contributed by atoms with Crippen LogP contribution in [0.4, 0.5) is 5.69 Å². The van der Waals surface area contributed by atoms with E-state index in [4.69, 9.17) is 11.6 Å². The van der Waals surface area contributed by atoms with Crippen molar-refractivity contribution in [2.75, 3.05) is 10.6 Å². The van der Waals surface area contributed by atoms with Crippen LogP contribution in [-0.4, -0.2) is 31.4 Å². The van der Waals surface area contributed by atoms with Crippen LogP contribution in [0, 0.1) is 27.7 Å². The number of hydrazone groups is 1. The molecule has 0 saturated carbocycles. The third kappa shape index (κ3) is 6.58. The maximum absolute atomic E-state index is 12.7. The lowest BCUT2D eigenvalue weighted by atomic mass is 10.1. The molecule has 1 heterocycles. The molecule has 0 saturated heterocycles. The van der Waals surface area contributed by atoms with Gasteiger partial charge in [0.2, 0.25) is 10.0 Å². The number of nitrogens with one attached hydrogen (secondary N) is 1. The highest BCUT2D eigenvalue weighted by Gasteiger charge is 2.19. The van der Waals surface area contributed by atoms with Crippen molar-refractivity contribution in [3.05, 3.63) is 117 Å². The van der Waals surface area contributed by atoms with E-state index in [1.165, 1.54) is 10.6 Å². The average Bonchev–Trinajstić information content (AvgIpc) is 3.17. The molecule has 1 amide bonds. The van der Waals surface area contributed by atoms with Gasteiger partial charge < -0.3 is 4.57 Å². The number of carbonyl (C=O) groups is 1. The minimum Gasteiger partial charge on any atom is -0.318 e. The summed E-state index contributed by atoms with van der Waals surface area (Å²) in [5.74, 6) is -0.363. The van der Waals surface area contributed by atoms with Crippen LogP contribution in [0.25, 0.3) is 5.69 Å². The lowest BCUT2D eigenvalue weighted by Gasteiger charge is -2.23. The molecule has 0 fully saturated rings. The molecule has 9 heteroatoms. The molecule has 0 aliphatic rings. The largest absolute Gasteiger partial charge is 0.318 e. The predicted octanol–water partition coefficient (Wildman–Crippen LogP) is 6.09. The summed E-state index contributed by atoms with van der Waals surface area (Å²) < 4.78 is 28.5. The van der Waals surface area contributed by atoms with Gasteiger partial charge >= 0.3 is 0 Å². The Morgan fingerprint density at radius 1 is 0.949 bits per heavy atom. The Hall–Kier alpha value is -3.88. The lowest BCUT2D eigenvalue weighted by Crippen LogP contribution is -2.29. The first-order chi connectivity index (χ1) is 18.4. The number of aryl methyl sites for hydroxylation is 3. The number of rotatable bonds is 8. The number of aromatic nitrogens is 1. The van der Waals surface area contributed by atoms with Crippen LogP contribution < -0.4 is 9.73 Å². The highest BCUT2D eigenvalue weighted by atomic mass is 35.5. The van der Waals surface area contributed by atoms with Crippen molar-refractivity contribution in [3.63, 3.8) is 0 Å². The molecule has 3 aromatic carbocycles. The molecule has 4 rings (SSSR count). The number of anilines is 1. The molecule has 0 radical (unpaired) electrons. The van der Waals surface area contributed by atoms with Crippen molar-refractivity contribution in [3.8, 4) is 5.69 Å². The Labute approximate surface area is 234 Å². The summed E-state index contributed by atoms with van der Waals surface area (Å²) in [5.41, 5.74) is 10.3. The number of halogens is 1. The Kier molecular flexibility index (Phi) is 8.28. The van der Waals surface area contributed by atoms with E-state index in [9.17, 15) is 13.2 Å². The molecule has 7 nitrogen and oxygen atoms in total. The number of hydrogen-bond acceptors (Lipinski definition) is 4. The molecule has 39 heavy (non-hydrogen) atoms. The van der Waals surface area contributed by atoms with Crippen LogP contribution in [-0.2, 0) is 16.6 Å². The summed E-state index contributed by atoms with van der Waals surface area (Å²) in [4.78, 5) is 12.7. The lowest BCUT2D eigenvalue weighted by molar-refractivity contribution is 0.0955. The summed E-state index contributed by atoms with van der Waals surface area (Å²) in [6.07, 6.45) is 2.81. The van der Waals surface area contributed by atoms with Gasteiger partial charge in [-0.15, -0.1) is 0 Å². The van der Waals surface area contributed by atoms with Gasteiger partial charge in [-0.25, -0.2) is 13.8 Å². The smallest absolute Gasteiger partial charge is 0.271 e. The molecule has 202 valence electrons. The Balaban J connectivity index is 1.44. The molecule has 0 bridgehead atoms. The van der Waals surface area contributed by atoms with Crippen molar-refractivity contribution in [1.82, 2.24) is 9.99 Å². The zero-order valence-corrected chi connectivity index (χ0v) is 24.1. The molecule has 0 aliphatic heterocycles.